The maximum absolute atomic E-state index is 13.6. The van der Waals surface area contributed by atoms with E-state index >= 15 is 0 Å². The number of carbonyl (C=O) groups excluding carboxylic acids is 2. The molecule has 0 radical (unpaired) electrons. The number of aryl methyl sites for hydroxylation is 1. The third kappa shape index (κ3) is 4.92. The Balaban J connectivity index is 1.38. The molecule has 27 heavy (non-hydrogen) atoms. The second-order valence-electron chi connectivity index (χ2n) is 6.92. The number of hydrogen-bond acceptors (Lipinski definition) is 3. The fraction of sp³-hybridized carbons (Fsp3) is 0.333. The average molecular weight is 369 g/mol. The van der Waals surface area contributed by atoms with Gasteiger partial charge >= 0.3 is 0 Å². The summed E-state index contributed by atoms with van der Waals surface area (Å²) < 4.78 is 13.6. The molecule has 0 unspecified atom stereocenters. The molecule has 2 aromatic carbocycles. The number of nitrogens with two attached hydrogens (primary N) is 1. The number of hydrogen-bond donors (Lipinski definition) is 2. The molecule has 6 heteroatoms. The Morgan fingerprint density at radius 3 is 2.48 bits per heavy atom. The summed E-state index contributed by atoms with van der Waals surface area (Å²) in [4.78, 5) is 26.1. The van der Waals surface area contributed by atoms with Gasteiger partial charge in [0.2, 0.25) is 5.91 Å². The molecule has 1 saturated heterocycles. The minimum Gasteiger partial charge on any atom is -0.352 e. The van der Waals surface area contributed by atoms with Crippen molar-refractivity contribution >= 4 is 11.8 Å². The van der Waals surface area contributed by atoms with E-state index in [2.05, 4.69) is 5.32 Å². The zero-order valence-electron chi connectivity index (χ0n) is 15.1. The summed E-state index contributed by atoms with van der Waals surface area (Å²) in [6.07, 6.45) is 0.843. The molecule has 0 bridgehead atoms. The topological polar surface area (TPSA) is 75.4 Å². The van der Waals surface area contributed by atoms with E-state index in [1.165, 1.54) is 6.07 Å². The molecule has 1 aliphatic rings. The average Bonchev–Trinajstić information content (AvgIpc) is 2.66. The predicted octanol–water partition coefficient (Wildman–Crippen LogP) is 1.97. The molecule has 0 saturated carbocycles. The van der Waals surface area contributed by atoms with Gasteiger partial charge in [-0.3, -0.25) is 9.59 Å². The van der Waals surface area contributed by atoms with Crippen molar-refractivity contribution in [2.45, 2.75) is 18.9 Å². The van der Waals surface area contributed by atoms with Crippen LogP contribution in [0.25, 0.3) is 0 Å². The Hall–Kier alpha value is -2.73. The minimum atomic E-state index is -0.635. The molecule has 0 spiro atoms. The van der Waals surface area contributed by atoms with E-state index in [-0.39, 0.29) is 23.5 Å². The van der Waals surface area contributed by atoms with Gasteiger partial charge in [0.25, 0.3) is 5.91 Å². The van der Waals surface area contributed by atoms with Gasteiger partial charge < -0.3 is 16.0 Å². The smallest absolute Gasteiger partial charge is 0.251 e. The summed E-state index contributed by atoms with van der Waals surface area (Å²) in [5.74, 6) is -0.255. The summed E-state index contributed by atoms with van der Waals surface area (Å²) >= 11 is 0. The number of benzene rings is 2. The molecule has 3 rings (SSSR count). The van der Waals surface area contributed by atoms with Crippen molar-refractivity contribution in [1.82, 2.24) is 10.2 Å². The van der Waals surface area contributed by atoms with Crippen LogP contribution in [0.2, 0.25) is 0 Å². The number of amides is 2. The number of nitrogens with zero attached hydrogens (tertiary/aromatic N) is 1. The number of halogens is 1. The van der Waals surface area contributed by atoms with E-state index in [1.807, 2.05) is 18.2 Å². The van der Waals surface area contributed by atoms with Gasteiger partial charge in [-0.15, -0.1) is 0 Å². The summed E-state index contributed by atoms with van der Waals surface area (Å²) in [5.41, 5.74) is 7.19. The lowest BCUT2D eigenvalue weighted by molar-refractivity contribution is -0.138. The van der Waals surface area contributed by atoms with Crippen LogP contribution < -0.4 is 11.1 Å². The van der Waals surface area contributed by atoms with Crippen LogP contribution >= 0.6 is 0 Å². The lowest BCUT2D eigenvalue weighted by Crippen LogP contribution is -2.57. The van der Waals surface area contributed by atoms with Crippen molar-refractivity contribution < 1.29 is 14.0 Å². The maximum Gasteiger partial charge on any atom is 0.251 e. The van der Waals surface area contributed by atoms with Crippen LogP contribution in [0.5, 0.6) is 0 Å². The van der Waals surface area contributed by atoms with Crippen molar-refractivity contribution in [1.29, 1.82) is 0 Å². The van der Waals surface area contributed by atoms with Crippen LogP contribution in [0.3, 0.4) is 0 Å². The van der Waals surface area contributed by atoms with Gasteiger partial charge in [-0.05, 0) is 36.6 Å². The lowest BCUT2D eigenvalue weighted by atomic mass is 9.97. The van der Waals surface area contributed by atoms with Crippen LogP contribution in [-0.4, -0.2) is 42.4 Å². The minimum absolute atomic E-state index is 0.109. The maximum atomic E-state index is 13.6. The molecular formula is C21H24FN3O2. The number of carbonyl (C=O) groups is 2. The molecule has 142 valence electrons. The fourth-order valence-electron chi connectivity index (χ4n) is 3.18. The third-order valence-electron chi connectivity index (χ3n) is 4.86. The fourth-order valence-corrected chi connectivity index (χ4v) is 3.18. The Bertz CT molecular complexity index is 791. The monoisotopic (exact) mass is 369 g/mol. The van der Waals surface area contributed by atoms with E-state index in [9.17, 15) is 14.0 Å². The summed E-state index contributed by atoms with van der Waals surface area (Å²) in [5, 5.41) is 2.89. The Kier molecular flexibility index (Phi) is 6.19. The summed E-state index contributed by atoms with van der Waals surface area (Å²) in [6, 6.07) is 14.9. The van der Waals surface area contributed by atoms with E-state index in [1.54, 1.807) is 35.2 Å². The number of rotatable bonds is 7. The number of nitrogens with one attached hydrogen (secondary N) is 1. The zero-order chi connectivity index (χ0) is 19.2. The second kappa shape index (κ2) is 8.77. The van der Waals surface area contributed by atoms with E-state index in [0.29, 0.717) is 43.6 Å². The highest BCUT2D eigenvalue weighted by Crippen LogP contribution is 2.17. The van der Waals surface area contributed by atoms with Gasteiger partial charge in [0.05, 0.1) is 6.04 Å². The Morgan fingerprint density at radius 2 is 1.78 bits per heavy atom. The van der Waals surface area contributed by atoms with Crippen LogP contribution in [0, 0.1) is 11.7 Å². The molecule has 2 amide bonds. The summed E-state index contributed by atoms with van der Waals surface area (Å²) in [6.45, 7) is 1.70. The molecule has 1 atom stereocenters. The highest BCUT2D eigenvalue weighted by Gasteiger charge is 2.33. The lowest BCUT2D eigenvalue weighted by Gasteiger charge is -2.40. The van der Waals surface area contributed by atoms with Gasteiger partial charge in [-0.2, -0.15) is 0 Å². The Labute approximate surface area is 158 Å². The van der Waals surface area contributed by atoms with Crippen LogP contribution in [-0.2, 0) is 11.2 Å². The molecule has 1 fully saturated rings. The van der Waals surface area contributed by atoms with Crippen molar-refractivity contribution in [3.05, 3.63) is 71.5 Å². The second-order valence-corrected chi connectivity index (χ2v) is 6.92. The van der Waals surface area contributed by atoms with Crippen molar-refractivity contribution in [2.75, 3.05) is 19.6 Å². The molecule has 1 heterocycles. The molecule has 0 aliphatic carbocycles. The van der Waals surface area contributed by atoms with Crippen LogP contribution in [0.4, 0.5) is 4.39 Å². The standard InChI is InChI=1S/C21H24FN3O2/c22-18-9-5-4-6-16(18)10-11-19(23)21(27)25-13-15(14-25)12-24-20(26)17-7-2-1-3-8-17/h1-9,15,19H,10-14,23H2,(H,24,26)/t19-/m1/s1. The van der Waals surface area contributed by atoms with Gasteiger partial charge in [0.15, 0.2) is 0 Å². The molecule has 5 nitrogen and oxygen atoms in total. The molecule has 0 aromatic heterocycles. The first-order valence-corrected chi connectivity index (χ1v) is 9.15. The van der Waals surface area contributed by atoms with Gasteiger partial charge in [0.1, 0.15) is 5.82 Å². The van der Waals surface area contributed by atoms with Crippen LogP contribution in [0.1, 0.15) is 22.3 Å². The van der Waals surface area contributed by atoms with Crippen molar-refractivity contribution in [3.63, 3.8) is 0 Å². The third-order valence-corrected chi connectivity index (χ3v) is 4.86. The highest BCUT2D eigenvalue weighted by molar-refractivity contribution is 5.94. The zero-order valence-corrected chi connectivity index (χ0v) is 15.1. The normalized spacial score (nSPS) is 15.1. The molecule has 1 aliphatic heterocycles. The van der Waals surface area contributed by atoms with Gasteiger partial charge in [0, 0.05) is 31.1 Å². The number of likely N-dealkylation sites (tertiary alicyclic amines) is 1. The van der Waals surface area contributed by atoms with Gasteiger partial charge in [-0.1, -0.05) is 36.4 Å². The van der Waals surface area contributed by atoms with Crippen molar-refractivity contribution in [3.8, 4) is 0 Å². The molecule has 2 aromatic rings. The Morgan fingerprint density at radius 1 is 1.11 bits per heavy atom. The van der Waals surface area contributed by atoms with Crippen molar-refractivity contribution in [2.24, 2.45) is 11.7 Å². The predicted molar refractivity (Wildman–Crippen MR) is 102 cm³/mol. The molecular weight excluding hydrogens is 345 g/mol. The first-order chi connectivity index (χ1) is 13.0. The highest BCUT2D eigenvalue weighted by atomic mass is 19.1. The molecule has 3 N–H and O–H groups in total. The quantitative estimate of drug-likeness (QED) is 0.784. The van der Waals surface area contributed by atoms with Crippen LogP contribution in [0.15, 0.2) is 54.6 Å². The van der Waals surface area contributed by atoms with Gasteiger partial charge in [-0.25, -0.2) is 4.39 Å². The first-order valence-electron chi connectivity index (χ1n) is 9.15. The van der Waals surface area contributed by atoms with E-state index < -0.39 is 6.04 Å². The van der Waals surface area contributed by atoms with E-state index in [4.69, 9.17) is 5.73 Å². The van der Waals surface area contributed by atoms with E-state index in [0.717, 1.165) is 0 Å². The first kappa shape index (κ1) is 19.0. The SMILES string of the molecule is N[C@H](CCc1ccccc1F)C(=O)N1CC(CNC(=O)c2ccccc2)C1. The summed E-state index contributed by atoms with van der Waals surface area (Å²) in [7, 11) is 0. The largest absolute Gasteiger partial charge is 0.352 e.